The number of hydrogen-bond donors (Lipinski definition) is 1. The van der Waals surface area contributed by atoms with Crippen LogP contribution < -0.4 is 10.6 Å². The third kappa shape index (κ3) is 1.99. The zero-order valence-corrected chi connectivity index (χ0v) is 9.95. The first-order valence-corrected chi connectivity index (χ1v) is 5.31. The zero-order valence-electron chi connectivity index (χ0n) is 9.20. The molecule has 0 spiro atoms. The van der Waals surface area contributed by atoms with Crippen molar-refractivity contribution in [2.45, 2.75) is 6.92 Å². The average molecular weight is 237 g/mol. The summed E-state index contributed by atoms with van der Waals surface area (Å²) in [5.74, 6) is 1.63. The van der Waals surface area contributed by atoms with E-state index >= 15 is 0 Å². The Balaban J connectivity index is 2.37. The van der Waals surface area contributed by atoms with Crippen LogP contribution in [0.25, 0.3) is 0 Å². The van der Waals surface area contributed by atoms with Gasteiger partial charge >= 0.3 is 0 Å². The van der Waals surface area contributed by atoms with Crippen molar-refractivity contribution in [2.24, 2.45) is 0 Å². The van der Waals surface area contributed by atoms with Gasteiger partial charge in [0.2, 0.25) is 0 Å². The Bertz CT molecular complexity index is 507. The minimum atomic E-state index is 0.629. The molecular weight excluding hydrogens is 224 g/mol. The molecule has 0 bridgehead atoms. The topological polar surface area (TPSA) is 42.4 Å². The van der Waals surface area contributed by atoms with Crippen LogP contribution in [-0.2, 0) is 0 Å². The summed E-state index contributed by atoms with van der Waals surface area (Å²) in [5.41, 5.74) is 7.40. The Morgan fingerprint density at radius 3 is 2.56 bits per heavy atom. The zero-order chi connectivity index (χ0) is 11.7. The second-order valence-corrected chi connectivity index (χ2v) is 4.08. The van der Waals surface area contributed by atoms with E-state index in [1.165, 1.54) is 0 Å². The Morgan fingerprint density at radius 1 is 1.25 bits per heavy atom. The molecule has 1 heterocycles. The molecule has 0 unspecified atom stereocenters. The highest BCUT2D eigenvalue weighted by Crippen LogP contribution is 2.31. The highest BCUT2D eigenvalue weighted by atomic mass is 35.5. The second kappa shape index (κ2) is 4.10. The molecule has 0 aliphatic rings. The van der Waals surface area contributed by atoms with Gasteiger partial charge in [-0.3, -0.25) is 0 Å². The van der Waals surface area contributed by atoms with Crippen molar-refractivity contribution in [1.82, 2.24) is 0 Å². The van der Waals surface area contributed by atoms with Crippen LogP contribution in [0, 0.1) is 6.92 Å². The quantitative estimate of drug-likeness (QED) is 0.811. The molecule has 0 aliphatic heterocycles. The van der Waals surface area contributed by atoms with Crippen molar-refractivity contribution in [3.63, 3.8) is 0 Å². The Morgan fingerprint density at radius 2 is 2.00 bits per heavy atom. The van der Waals surface area contributed by atoms with E-state index in [9.17, 15) is 0 Å². The van der Waals surface area contributed by atoms with E-state index in [1.54, 1.807) is 12.1 Å². The molecule has 2 rings (SSSR count). The van der Waals surface area contributed by atoms with Gasteiger partial charge in [-0.1, -0.05) is 11.6 Å². The smallest absolute Gasteiger partial charge is 0.199 e. The molecule has 1 aromatic carbocycles. The van der Waals surface area contributed by atoms with Gasteiger partial charge in [0.1, 0.15) is 5.76 Å². The number of furan rings is 1. The lowest BCUT2D eigenvalue weighted by Crippen LogP contribution is -2.10. The van der Waals surface area contributed by atoms with Crippen LogP contribution in [0.1, 0.15) is 5.76 Å². The fraction of sp³-hybridized carbons (Fsp3) is 0.167. The number of anilines is 3. The third-order valence-corrected chi connectivity index (χ3v) is 2.64. The molecule has 0 fully saturated rings. The summed E-state index contributed by atoms with van der Waals surface area (Å²) >= 11 is 5.85. The van der Waals surface area contributed by atoms with Gasteiger partial charge in [0.15, 0.2) is 5.88 Å². The third-order valence-electron chi connectivity index (χ3n) is 2.41. The van der Waals surface area contributed by atoms with Crippen LogP contribution in [-0.4, -0.2) is 7.05 Å². The first-order chi connectivity index (χ1) is 7.58. The molecule has 0 amide bonds. The van der Waals surface area contributed by atoms with Crippen LogP contribution in [0.5, 0.6) is 0 Å². The van der Waals surface area contributed by atoms with Crippen molar-refractivity contribution in [1.29, 1.82) is 0 Å². The molecule has 16 heavy (non-hydrogen) atoms. The number of aryl methyl sites for hydroxylation is 1. The number of nitrogen functional groups attached to an aromatic ring is 1. The molecule has 0 aliphatic carbocycles. The Kier molecular flexibility index (Phi) is 2.79. The lowest BCUT2D eigenvalue weighted by molar-refractivity contribution is 0.538. The van der Waals surface area contributed by atoms with E-state index in [4.69, 9.17) is 21.8 Å². The Labute approximate surface area is 99.4 Å². The summed E-state index contributed by atoms with van der Waals surface area (Å²) in [6.07, 6.45) is 0. The van der Waals surface area contributed by atoms with Gasteiger partial charge in [0.05, 0.1) is 11.4 Å². The van der Waals surface area contributed by atoms with Gasteiger partial charge in [0, 0.05) is 18.1 Å². The molecular formula is C12H13ClN2O. The van der Waals surface area contributed by atoms with Crippen molar-refractivity contribution >= 4 is 28.9 Å². The number of rotatable bonds is 2. The summed E-state index contributed by atoms with van der Waals surface area (Å²) in [4.78, 5) is 1.89. The molecule has 4 heteroatoms. The van der Waals surface area contributed by atoms with Crippen molar-refractivity contribution in [3.8, 4) is 0 Å². The van der Waals surface area contributed by atoms with Crippen LogP contribution in [0.15, 0.2) is 34.7 Å². The fourth-order valence-electron chi connectivity index (χ4n) is 1.55. The van der Waals surface area contributed by atoms with Crippen LogP contribution in [0.4, 0.5) is 17.3 Å². The highest BCUT2D eigenvalue weighted by Gasteiger charge is 2.10. The van der Waals surface area contributed by atoms with E-state index in [2.05, 4.69) is 0 Å². The van der Waals surface area contributed by atoms with Crippen molar-refractivity contribution in [3.05, 3.63) is 41.1 Å². The Hall–Kier alpha value is -1.61. The number of halogens is 1. The number of hydrogen-bond acceptors (Lipinski definition) is 3. The molecule has 2 N–H and O–H groups in total. The summed E-state index contributed by atoms with van der Waals surface area (Å²) in [6.45, 7) is 1.91. The fourth-order valence-corrected chi connectivity index (χ4v) is 1.73. The first kappa shape index (κ1) is 10.9. The maximum Gasteiger partial charge on any atom is 0.199 e. The molecule has 84 valence electrons. The van der Waals surface area contributed by atoms with Gasteiger partial charge in [0.25, 0.3) is 0 Å². The van der Waals surface area contributed by atoms with Gasteiger partial charge in [-0.15, -0.1) is 0 Å². The minimum absolute atomic E-state index is 0.629. The van der Waals surface area contributed by atoms with Gasteiger partial charge in [-0.05, 0) is 31.2 Å². The molecule has 2 aromatic rings. The normalized spacial score (nSPS) is 10.4. The standard InChI is InChI=1S/C12H13ClN2O/c1-8-3-6-12(16-8)15(2)11-5-4-9(13)7-10(11)14/h3-7H,14H2,1-2H3. The SMILES string of the molecule is Cc1ccc(N(C)c2ccc(Cl)cc2N)o1. The summed E-state index contributed by atoms with van der Waals surface area (Å²) in [6, 6.07) is 9.22. The second-order valence-electron chi connectivity index (χ2n) is 3.65. The molecule has 0 saturated carbocycles. The van der Waals surface area contributed by atoms with Gasteiger partial charge in [-0.2, -0.15) is 0 Å². The monoisotopic (exact) mass is 236 g/mol. The average Bonchev–Trinajstić information content (AvgIpc) is 2.64. The van der Waals surface area contributed by atoms with E-state index in [0.717, 1.165) is 17.3 Å². The lowest BCUT2D eigenvalue weighted by Gasteiger charge is -2.18. The molecule has 0 saturated heterocycles. The summed E-state index contributed by atoms with van der Waals surface area (Å²) < 4.78 is 5.52. The van der Waals surface area contributed by atoms with Gasteiger partial charge in [-0.25, -0.2) is 0 Å². The summed E-state index contributed by atoms with van der Waals surface area (Å²) in [5, 5.41) is 0.630. The first-order valence-electron chi connectivity index (χ1n) is 4.93. The number of benzene rings is 1. The summed E-state index contributed by atoms with van der Waals surface area (Å²) in [7, 11) is 1.90. The van der Waals surface area contributed by atoms with Gasteiger partial charge < -0.3 is 15.1 Å². The largest absolute Gasteiger partial charge is 0.446 e. The van der Waals surface area contributed by atoms with E-state index in [0.29, 0.717) is 10.7 Å². The number of nitrogens with zero attached hydrogens (tertiary/aromatic N) is 1. The minimum Gasteiger partial charge on any atom is -0.446 e. The molecule has 1 aromatic heterocycles. The molecule has 0 atom stereocenters. The van der Waals surface area contributed by atoms with E-state index in [-0.39, 0.29) is 0 Å². The maximum absolute atomic E-state index is 5.90. The van der Waals surface area contributed by atoms with E-state index in [1.807, 2.05) is 37.1 Å². The van der Waals surface area contributed by atoms with Crippen LogP contribution in [0.2, 0.25) is 5.02 Å². The lowest BCUT2D eigenvalue weighted by atomic mass is 10.2. The number of nitrogens with two attached hydrogens (primary N) is 1. The van der Waals surface area contributed by atoms with Crippen LogP contribution in [0.3, 0.4) is 0 Å². The van der Waals surface area contributed by atoms with Crippen molar-refractivity contribution < 1.29 is 4.42 Å². The predicted octanol–water partition coefficient (Wildman–Crippen LogP) is 3.59. The van der Waals surface area contributed by atoms with Crippen LogP contribution >= 0.6 is 11.6 Å². The molecule has 0 radical (unpaired) electrons. The molecule has 3 nitrogen and oxygen atoms in total. The van der Waals surface area contributed by atoms with Crippen molar-refractivity contribution in [2.75, 3.05) is 17.7 Å². The predicted molar refractivity (Wildman–Crippen MR) is 67.4 cm³/mol. The highest BCUT2D eigenvalue weighted by molar-refractivity contribution is 6.31. The maximum atomic E-state index is 5.90. The van der Waals surface area contributed by atoms with E-state index < -0.39 is 0 Å².